The normalized spacial score (nSPS) is 17.0. The van der Waals surface area contributed by atoms with E-state index in [1.807, 2.05) is 49.1 Å². The van der Waals surface area contributed by atoms with E-state index in [9.17, 15) is 9.59 Å². The highest BCUT2D eigenvalue weighted by molar-refractivity contribution is 6.45. The van der Waals surface area contributed by atoms with Crippen LogP contribution in [-0.4, -0.2) is 49.6 Å². The average molecular weight is 441 g/mol. The number of imide groups is 1. The molecule has 1 saturated heterocycles. The van der Waals surface area contributed by atoms with Gasteiger partial charge in [-0.05, 0) is 48.7 Å². The molecule has 2 amide bonds. The first-order valence-corrected chi connectivity index (χ1v) is 10.8. The van der Waals surface area contributed by atoms with E-state index in [0.717, 1.165) is 17.7 Å². The van der Waals surface area contributed by atoms with Crippen molar-refractivity contribution in [2.24, 2.45) is 0 Å². The summed E-state index contributed by atoms with van der Waals surface area (Å²) in [7, 11) is 0. The second kappa shape index (κ2) is 9.12. The molecular weight excluding hydrogens is 416 g/mol. The van der Waals surface area contributed by atoms with Crippen molar-refractivity contribution >= 4 is 34.7 Å². The van der Waals surface area contributed by atoms with Gasteiger partial charge < -0.3 is 14.4 Å². The molecule has 2 aromatic rings. The fourth-order valence-corrected chi connectivity index (χ4v) is 4.01. The van der Waals surface area contributed by atoms with Crippen LogP contribution in [0.2, 0.25) is 5.02 Å². The number of aryl methyl sites for hydroxylation is 1. The molecule has 7 heteroatoms. The Bertz CT molecular complexity index is 1030. The van der Waals surface area contributed by atoms with Gasteiger partial charge in [-0.15, -0.1) is 0 Å². The number of amides is 2. The standard InChI is InChI=1S/C24H25ClN2O4/c1-3-12-31-19-8-5-17(6-9-19)21-22(26-10-13-30-14-11-26)24(29)27(23(21)28)20-15-18(25)7-4-16(20)2/h4-9,15H,3,10-14H2,1-2H3. The van der Waals surface area contributed by atoms with Crippen LogP contribution >= 0.6 is 11.6 Å². The zero-order valence-electron chi connectivity index (χ0n) is 17.7. The lowest BCUT2D eigenvalue weighted by Gasteiger charge is -2.29. The van der Waals surface area contributed by atoms with Crippen molar-refractivity contribution < 1.29 is 19.1 Å². The highest BCUT2D eigenvalue weighted by Gasteiger charge is 2.43. The third-order valence-electron chi connectivity index (χ3n) is 5.41. The van der Waals surface area contributed by atoms with E-state index >= 15 is 0 Å². The van der Waals surface area contributed by atoms with Gasteiger partial charge in [-0.1, -0.05) is 36.7 Å². The van der Waals surface area contributed by atoms with Crippen molar-refractivity contribution in [2.45, 2.75) is 20.3 Å². The molecule has 2 aliphatic heterocycles. The molecule has 6 nitrogen and oxygen atoms in total. The summed E-state index contributed by atoms with van der Waals surface area (Å²) in [4.78, 5) is 30.4. The number of hydrogen-bond donors (Lipinski definition) is 0. The molecule has 162 valence electrons. The molecule has 0 aromatic heterocycles. The number of rotatable bonds is 6. The first kappa shape index (κ1) is 21.4. The van der Waals surface area contributed by atoms with E-state index in [-0.39, 0.29) is 11.8 Å². The Labute approximate surface area is 187 Å². The van der Waals surface area contributed by atoms with E-state index in [1.54, 1.807) is 12.1 Å². The van der Waals surface area contributed by atoms with E-state index < -0.39 is 0 Å². The summed E-state index contributed by atoms with van der Waals surface area (Å²) in [5, 5.41) is 0.472. The largest absolute Gasteiger partial charge is 0.494 e. The van der Waals surface area contributed by atoms with Crippen LogP contribution in [-0.2, 0) is 14.3 Å². The fourth-order valence-electron chi connectivity index (χ4n) is 3.84. The first-order chi connectivity index (χ1) is 15.0. The Morgan fingerprint density at radius 2 is 1.74 bits per heavy atom. The molecule has 0 spiro atoms. The molecular formula is C24H25ClN2O4. The summed E-state index contributed by atoms with van der Waals surface area (Å²) >= 11 is 6.18. The number of nitrogens with zero attached hydrogens (tertiary/aromatic N) is 2. The van der Waals surface area contributed by atoms with Gasteiger partial charge >= 0.3 is 0 Å². The summed E-state index contributed by atoms with van der Waals surface area (Å²) in [5.41, 5.74) is 2.80. The Morgan fingerprint density at radius 1 is 1.03 bits per heavy atom. The third kappa shape index (κ3) is 4.18. The summed E-state index contributed by atoms with van der Waals surface area (Å²) < 4.78 is 11.1. The summed E-state index contributed by atoms with van der Waals surface area (Å²) in [6.45, 7) is 6.66. The highest BCUT2D eigenvalue weighted by Crippen LogP contribution is 2.37. The first-order valence-electron chi connectivity index (χ1n) is 10.5. The highest BCUT2D eigenvalue weighted by atomic mass is 35.5. The predicted octanol–water partition coefficient (Wildman–Crippen LogP) is 4.05. The van der Waals surface area contributed by atoms with Gasteiger partial charge in [0.25, 0.3) is 11.8 Å². The number of benzene rings is 2. The maximum absolute atomic E-state index is 13.6. The van der Waals surface area contributed by atoms with Crippen molar-refractivity contribution in [3.05, 3.63) is 64.3 Å². The minimum Gasteiger partial charge on any atom is -0.494 e. The minimum absolute atomic E-state index is 0.335. The molecule has 31 heavy (non-hydrogen) atoms. The van der Waals surface area contributed by atoms with Gasteiger partial charge in [0, 0.05) is 18.1 Å². The van der Waals surface area contributed by atoms with Gasteiger partial charge in [0.15, 0.2) is 0 Å². The van der Waals surface area contributed by atoms with Crippen molar-refractivity contribution in [3.8, 4) is 5.75 Å². The molecule has 2 heterocycles. The molecule has 2 aliphatic rings. The predicted molar refractivity (Wildman–Crippen MR) is 120 cm³/mol. The minimum atomic E-state index is -0.348. The molecule has 0 saturated carbocycles. The Kier molecular flexibility index (Phi) is 6.30. The molecule has 1 fully saturated rings. The average Bonchev–Trinajstić information content (AvgIpc) is 3.05. The topological polar surface area (TPSA) is 59.1 Å². The number of hydrogen-bond acceptors (Lipinski definition) is 5. The smallest absolute Gasteiger partial charge is 0.282 e. The Morgan fingerprint density at radius 3 is 2.42 bits per heavy atom. The SMILES string of the molecule is CCCOc1ccc(C2=C(N3CCOCC3)C(=O)N(c3cc(Cl)ccc3C)C2=O)cc1. The molecule has 0 N–H and O–H groups in total. The van der Waals surface area contributed by atoms with Crippen LogP contribution in [0.5, 0.6) is 5.75 Å². The lowest BCUT2D eigenvalue weighted by atomic mass is 10.0. The van der Waals surface area contributed by atoms with Gasteiger partial charge in [-0.25, -0.2) is 4.90 Å². The number of halogens is 1. The monoisotopic (exact) mass is 440 g/mol. The van der Waals surface area contributed by atoms with Crippen LogP contribution in [0.3, 0.4) is 0 Å². The van der Waals surface area contributed by atoms with E-state index in [0.29, 0.717) is 60.5 Å². The number of carbonyl (C=O) groups is 2. The van der Waals surface area contributed by atoms with E-state index in [2.05, 4.69) is 0 Å². The van der Waals surface area contributed by atoms with Crippen LogP contribution < -0.4 is 9.64 Å². The number of ether oxygens (including phenoxy) is 2. The van der Waals surface area contributed by atoms with Crippen LogP contribution in [0.1, 0.15) is 24.5 Å². The van der Waals surface area contributed by atoms with Crippen molar-refractivity contribution in [2.75, 3.05) is 37.8 Å². The molecule has 4 rings (SSSR count). The van der Waals surface area contributed by atoms with Crippen molar-refractivity contribution in [1.82, 2.24) is 4.90 Å². The van der Waals surface area contributed by atoms with Crippen LogP contribution in [0.4, 0.5) is 5.69 Å². The third-order valence-corrected chi connectivity index (χ3v) is 5.65. The quantitative estimate of drug-likeness (QED) is 0.634. The second-order valence-corrected chi connectivity index (χ2v) is 8.01. The number of anilines is 1. The lowest BCUT2D eigenvalue weighted by Crippen LogP contribution is -2.40. The van der Waals surface area contributed by atoms with E-state index in [1.165, 1.54) is 4.90 Å². The Balaban J connectivity index is 1.77. The molecule has 0 radical (unpaired) electrons. The van der Waals surface area contributed by atoms with Gasteiger partial charge in [0.1, 0.15) is 11.4 Å². The maximum Gasteiger partial charge on any atom is 0.282 e. The lowest BCUT2D eigenvalue weighted by molar-refractivity contribution is -0.121. The van der Waals surface area contributed by atoms with Gasteiger partial charge in [0.2, 0.25) is 0 Å². The van der Waals surface area contributed by atoms with Gasteiger partial charge in [-0.3, -0.25) is 9.59 Å². The van der Waals surface area contributed by atoms with Gasteiger partial charge in [0.05, 0.1) is 31.1 Å². The molecule has 0 unspecified atom stereocenters. The molecule has 0 atom stereocenters. The number of carbonyl (C=O) groups excluding carboxylic acids is 2. The molecule has 0 bridgehead atoms. The van der Waals surface area contributed by atoms with Crippen molar-refractivity contribution in [1.29, 1.82) is 0 Å². The van der Waals surface area contributed by atoms with Gasteiger partial charge in [-0.2, -0.15) is 0 Å². The molecule has 2 aromatic carbocycles. The Hall–Kier alpha value is -2.83. The zero-order valence-corrected chi connectivity index (χ0v) is 18.4. The molecule has 0 aliphatic carbocycles. The summed E-state index contributed by atoms with van der Waals surface area (Å²) in [5.74, 6) is 0.0519. The second-order valence-electron chi connectivity index (χ2n) is 7.57. The number of morpholine rings is 1. The maximum atomic E-state index is 13.6. The summed E-state index contributed by atoms with van der Waals surface area (Å²) in [6, 6.07) is 12.6. The van der Waals surface area contributed by atoms with E-state index in [4.69, 9.17) is 21.1 Å². The zero-order chi connectivity index (χ0) is 22.0. The fraction of sp³-hybridized carbons (Fsp3) is 0.333. The summed E-state index contributed by atoms with van der Waals surface area (Å²) in [6.07, 6.45) is 0.912. The van der Waals surface area contributed by atoms with Crippen molar-refractivity contribution in [3.63, 3.8) is 0 Å². The van der Waals surface area contributed by atoms with Crippen LogP contribution in [0.15, 0.2) is 48.2 Å². The van der Waals surface area contributed by atoms with Crippen LogP contribution in [0, 0.1) is 6.92 Å². The van der Waals surface area contributed by atoms with Crippen LogP contribution in [0.25, 0.3) is 5.57 Å².